The molecular weight excluding hydrogens is 382 g/mol. The Balaban J connectivity index is 1.71. The standard InChI is InChI=1S/C19H17N3O5S/c1-3-12(2)21-18(23)16(28-19(21)24)10-13-4-7-15(8-5-13)27-17-9-6-14(11-20-17)22(25)26/h4-12H,3H2,1-2H3/b16-10-/t12-/m1/s1. The monoisotopic (exact) mass is 399 g/mol. The number of carbonyl (C=O) groups is 2. The molecule has 1 saturated heterocycles. The van der Waals surface area contributed by atoms with Crippen LogP contribution in [0.5, 0.6) is 11.6 Å². The summed E-state index contributed by atoms with van der Waals surface area (Å²) in [6, 6.07) is 9.46. The highest BCUT2D eigenvalue weighted by atomic mass is 32.2. The third-order valence-corrected chi connectivity index (χ3v) is 5.07. The van der Waals surface area contributed by atoms with E-state index in [-0.39, 0.29) is 28.8 Å². The quantitative estimate of drug-likeness (QED) is 0.397. The molecular formula is C19H17N3O5S. The van der Waals surface area contributed by atoms with Crippen LogP contribution in [-0.2, 0) is 4.79 Å². The van der Waals surface area contributed by atoms with Crippen molar-refractivity contribution in [2.45, 2.75) is 26.3 Å². The van der Waals surface area contributed by atoms with Crippen molar-refractivity contribution in [1.29, 1.82) is 0 Å². The number of hydrogen-bond acceptors (Lipinski definition) is 7. The number of rotatable bonds is 6. The van der Waals surface area contributed by atoms with Crippen molar-refractivity contribution in [3.63, 3.8) is 0 Å². The van der Waals surface area contributed by atoms with Crippen LogP contribution >= 0.6 is 11.8 Å². The summed E-state index contributed by atoms with van der Waals surface area (Å²) in [5, 5.41) is 10.4. The second kappa shape index (κ2) is 8.22. The van der Waals surface area contributed by atoms with E-state index in [9.17, 15) is 19.7 Å². The summed E-state index contributed by atoms with van der Waals surface area (Å²) < 4.78 is 5.55. The summed E-state index contributed by atoms with van der Waals surface area (Å²) in [6.07, 6.45) is 3.49. The molecule has 0 N–H and O–H groups in total. The fourth-order valence-corrected chi connectivity index (χ4v) is 3.42. The predicted molar refractivity (Wildman–Crippen MR) is 105 cm³/mol. The van der Waals surface area contributed by atoms with Gasteiger partial charge in [0.1, 0.15) is 11.9 Å². The topological polar surface area (TPSA) is 103 Å². The number of nitrogens with zero attached hydrogens (tertiary/aromatic N) is 3. The van der Waals surface area contributed by atoms with Gasteiger partial charge in [-0.25, -0.2) is 4.98 Å². The molecule has 1 aliphatic heterocycles. The van der Waals surface area contributed by atoms with Crippen LogP contribution in [0, 0.1) is 10.1 Å². The van der Waals surface area contributed by atoms with E-state index < -0.39 is 4.92 Å². The first-order chi connectivity index (χ1) is 13.4. The molecule has 144 valence electrons. The number of thioether (sulfide) groups is 1. The van der Waals surface area contributed by atoms with Crippen molar-refractivity contribution >= 4 is 34.7 Å². The molecule has 8 nitrogen and oxygen atoms in total. The lowest BCUT2D eigenvalue weighted by atomic mass is 10.2. The minimum atomic E-state index is -0.533. The van der Waals surface area contributed by atoms with Crippen molar-refractivity contribution in [2.24, 2.45) is 0 Å². The molecule has 3 rings (SSSR count). The Morgan fingerprint density at radius 3 is 2.54 bits per heavy atom. The van der Waals surface area contributed by atoms with E-state index in [0.29, 0.717) is 17.1 Å². The normalized spacial score (nSPS) is 16.5. The van der Waals surface area contributed by atoms with Gasteiger partial charge in [-0.05, 0) is 48.9 Å². The van der Waals surface area contributed by atoms with Crippen LogP contribution in [0.25, 0.3) is 6.08 Å². The molecule has 1 aliphatic rings. The maximum Gasteiger partial charge on any atom is 0.293 e. The van der Waals surface area contributed by atoms with Gasteiger partial charge in [-0.1, -0.05) is 19.1 Å². The lowest BCUT2D eigenvalue weighted by molar-refractivity contribution is -0.385. The minimum Gasteiger partial charge on any atom is -0.439 e. The molecule has 9 heteroatoms. The zero-order valence-corrected chi connectivity index (χ0v) is 16.0. The average molecular weight is 399 g/mol. The van der Waals surface area contributed by atoms with Crippen LogP contribution in [0.4, 0.5) is 10.5 Å². The first kappa shape index (κ1) is 19.6. The molecule has 0 spiro atoms. The van der Waals surface area contributed by atoms with E-state index in [1.165, 1.54) is 17.0 Å². The summed E-state index contributed by atoms with van der Waals surface area (Å²) in [7, 11) is 0. The van der Waals surface area contributed by atoms with Crippen molar-refractivity contribution in [1.82, 2.24) is 9.88 Å². The van der Waals surface area contributed by atoms with E-state index in [4.69, 9.17) is 4.74 Å². The lowest BCUT2D eigenvalue weighted by Gasteiger charge is -2.19. The van der Waals surface area contributed by atoms with Crippen LogP contribution in [0.2, 0.25) is 0 Å². The van der Waals surface area contributed by atoms with Crippen molar-refractivity contribution in [2.75, 3.05) is 0 Å². The van der Waals surface area contributed by atoms with Crippen LogP contribution in [0.15, 0.2) is 47.5 Å². The molecule has 1 aromatic heterocycles. The maximum absolute atomic E-state index is 12.4. The van der Waals surface area contributed by atoms with Gasteiger partial charge in [-0.3, -0.25) is 24.6 Å². The zero-order chi connectivity index (χ0) is 20.3. The number of nitro groups is 1. The number of hydrogen-bond donors (Lipinski definition) is 0. The van der Waals surface area contributed by atoms with Gasteiger partial charge in [0, 0.05) is 18.2 Å². The SMILES string of the molecule is CC[C@@H](C)N1C(=O)S/C(=C\c2ccc(Oc3ccc([N+](=O)[O-])cn3)cc2)C1=O. The van der Waals surface area contributed by atoms with Crippen molar-refractivity contribution in [3.8, 4) is 11.6 Å². The molecule has 28 heavy (non-hydrogen) atoms. The second-order valence-corrected chi connectivity index (χ2v) is 7.09. The molecule has 1 aromatic carbocycles. The van der Waals surface area contributed by atoms with E-state index in [1.807, 2.05) is 13.8 Å². The highest BCUT2D eigenvalue weighted by molar-refractivity contribution is 8.18. The minimum absolute atomic E-state index is 0.117. The summed E-state index contributed by atoms with van der Waals surface area (Å²) in [5.74, 6) is 0.444. The molecule has 2 aromatic rings. The molecule has 2 amide bonds. The Bertz CT molecular complexity index is 941. The molecule has 2 heterocycles. The van der Waals surface area contributed by atoms with E-state index in [0.717, 1.165) is 23.5 Å². The van der Waals surface area contributed by atoms with Crippen LogP contribution < -0.4 is 4.74 Å². The summed E-state index contributed by atoms with van der Waals surface area (Å²) >= 11 is 0.933. The average Bonchev–Trinajstić information content (AvgIpc) is 2.96. The van der Waals surface area contributed by atoms with Gasteiger partial charge < -0.3 is 4.74 Å². The molecule has 0 bridgehead atoms. The first-order valence-electron chi connectivity index (χ1n) is 8.54. The first-order valence-corrected chi connectivity index (χ1v) is 9.36. The highest BCUT2D eigenvalue weighted by Crippen LogP contribution is 2.34. The number of benzene rings is 1. The number of aromatic nitrogens is 1. The highest BCUT2D eigenvalue weighted by Gasteiger charge is 2.37. The Labute approximate surface area is 165 Å². The number of imide groups is 1. The molecule has 1 atom stereocenters. The molecule has 0 unspecified atom stereocenters. The Morgan fingerprint density at radius 1 is 1.25 bits per heavy atom. The molecule has 1 fully saturated rings. The second-order valence-electron chi connectivity index (χ2n) is 6.09. The van der Waals surface area contributed by atoms with E-state index in [2.05, 4.69) is 4.98 Å². The van der Waals surface area contributed by atoms with Gasteiger partial charge >= 0.3 is 0 Å². The number of amides is 2. The van der Waals surface area contributed by atoms with Gasteiger partial charge in [0.2, 0.25) is 5.88 Å². The molecule has 0 radical (unpaired) electrons. The zero-order valence-electron chi connectivity index (χ0n) is 15.2. The number of ether oxygens (including phenoxy) is 1. The number of carbonyl (C=O) groups excluding carboxylic acids is 2. The van der Waals surface area contributed by atoms with Crippen LogP contribution in [0.3, 0.4) is 0 Å². The van der Waals surface area contributed by atoms with Crippen LogP contribution in [-0.4, -0.2) is 32.0 Å². The summed E-state index contributed by atoms with van der Waals surface area (Å²) in [5.41, 5.74) is 0.632. The van der Waals surface area contributed by atoms with Crippen LogP contribution in [0.1, 0.15) is 25.8 Å². The van der Waals surface area contributed by atoms with Gasteiger partial charge in [-0.15, -0.1) is 0 Å². The van der Waals surface area contributed by atoms with E-state index in [1.54, 1.807) is 30.3 Å². The summed E-state index contributed by atoms with van der Waals surface area (Å²) in [6.45, 7) is 3.77. The third kappa shape index (κ3) is 4.20. The predicted octanol–water partition coefficient (Wildman–Crippen LogP) is 4.62. The smallest absolute Gasteiger partial charge is 0.293 e. The van der Waals surface area contributed by atoms with Gasteiger partial charge in [0.25, 0.3) is 16.8 Å². The maximum atomic E-state index is 12.4. The van der Waals surface area contributed by atoms with Gasteiger partial charge in [-0.2, -0.15) is 0 Å². The largest absolute Gasteiger partial charge is 0.439 e. The lowest BCUT2D eigenvalue weighted by Crippen LogP contribution is -2.36. The van der Waals surface area contributed by atoms with Crippen molar-refractivity contribution in [3.05, 3.63) is 63.2 Å². The fraction of sp³-hybridized carbons (Fsp3) is 0.211. The Morgan fingerprint density at radius 2 is 1.96 bits per heavy atom. The molecule has 0 saturated carbocycles. The van der Waals surface area contributed by atoms with Gasteiger partial charge in [0.15, 0.2) is 0 Å². The van der Waals surface area contributed by atoms with E-state index >= 15 is 0 Å². The Kier molecular flexibility index (Phi) is 5.74. The van der Waals surface area contributed by atoms with Gasteiger partial charge in [0.05, 0.1) is 9.83 Å². The summed E-state index contributed by atoms with van der Waals surface area (Å²) in [4.78, 5) is 40.2. The fourth-order valence-electron chi connectivity index (χ4n) is 2.49. The number of pyridine rings is 1. The third-order valence-electron chi connectivity index (χ3n) is 4.19. The van der Waals surface area contributed by atoms with Crippen molar-refractivity contribution < 1.29 is 19.2 Å². The molecule has 0 aliphatic carbocycles. The Hall–Kier alpha value is -3.20.